The van der Waals surface area contributed by atoms with Gasteiger partial charge in [0.1, 0.15) is 0 Å². The number of fused-ring (bicyclic) bond motifs is 1. The molecule has 16 heavy (non-hydrogen) atoms. The van der Waals surface area contributed by atoms with Gasteiger partial charge in [-0.3, -0.25) is 9.69 Å². The Kier molecular flexibility index (Phi) is 2.61. The molecule has 2 aliphatic rings. The Morgan fingerprint density at radius 3 is 3.12 bits per heavy atom. The predicted octanol–water partition coefficient (Wildman–Crippen LogP) is 1.13. The van der Waals surface area contributed by atoms with Gasteiger partial charge in [-0.1, -0.05) is 11.3 Å². The number of nitrogens with zero attached hydrogens (tertiary/aromatic N) is 2. The smallest absolute Gasteiger partial charge is 0.230 e. The van der Waals surface area contributed by atoms with E-state index in [4.69, 9.17) is 11.6 Å². The van der Waals surface area contributed by atoms with Crippen LogP contribution < -0.4 is 10.2 Å². The monoisotopic (exact) mass is 257 g/mol. The summed E-state index contributed by atoms with van der Waals surface area (Å²) in [6.07, 6.45) is 1.39. The zero-order chi connectivity index (χ0) is 11.1. The van der Waals surface area contributed by atoms with Gasteiger partial charge in [-0.15, -0.1) is 11.6 Å². The number of aromatic nitrogens is 1. The van der Waals surface area contributed by atoms with E-state index in [0.29, 0.717) is 13.0 Å². The van der Waals surface area contributed by atoms with Crippen LogP contribution in [0.1, 0.15) is 17.0 Å². The number of amides is 1. The minimum Gasteiger partial charge on any atom is -0.311 e. The first-order valence-corrected chi connectivity index (χ1v) is 6.63. The van der Waals surface area contributed by atoms with Crippen molar-refractivity contribution in [2.45, 2.75) is 24.8 Å². The third kappa shape index (κ3) is 1.73. The van der Waals surface area contributed by atoms with Crippen molar-refractivity contribution in [1.82, 2.24) is 10.3 Å². The van der Waals surface area contributed by atoms with Crippen LogP contribution in [0.3, 0.4) is 0 Å². The van der Waals surface area contributed by atoms with Crippen molar-refractivity contribution in [1.29, 1.82) is 0 Å². The van der Waals surface area contributed by atoms with Gasteiger partial charge in [-0.2, -0.15) is 0 Å². The number of rotatable bonds is 1. The maximum atomic E-state index is 11.7. The predicted molar refractivity (Wildman–Crippen MR) is 64.1 cm³/mol. The van der Waals surface area contributed by atoms with Crippen LogP contribution in [0.5, 0.6) is 0 Å². The molecule has 4 nitrogen and oxygen atoms in total. The zero-order valence-corrected chi connectivity index (χ0v) is 10.3. The lowest BCUT2D eigenvalue weighted by Crippen LogP contribution is -2.24. The van der Waals surface area contributed by atoms with Gasteiger partial charge in [0.25, 0.3) is 0 Å². The van der Waals surface area contributed by atoms with Crippen molar-refractivity contribution in [3.63, 3.8) is 0 Å². The molecule has 1 fully saturated rings. The summed E-state index contributed by atoms with van der Waals surface area (Å²) in [5, 5.41) is 4.06. The highest BCUT2D eigenvalue weighted by Crippen LogP contribution is 2.31. The molecule has 1 aromatic rings. The molecular weight excluding hydrogens is 246 g/mol. The first kappa shape index (κ1) is 10.5. The van der Waals surface area contributed by atoms with E-state index in [9.17, 15) is 4.79 Å². The molecule has 3 heterocycles. The first-order chi connectivity index (χ1) is 7.74. The van der Waals surface area contributed by atoms with Crippen molar-refractivity contribution < 1.29 is 4.79 Å². The number of carbonyl (C=O) groups is 1. The van der Waals surface area contributed by atoms with Crippen molar-refractivity contribution in [2.75, 3.05) is 18.0 Å². The molecule has 6 heteroatoms. The average Bonchev–Trinajstić information content (AvgIpc) is 2.81. The third-order valence-corrected chi connectivity index (χ3v) is 4.31. The summed E-state index contributed by atoms with van der Waals surface area (Å²) in [6.45, 7) is 2.45. The van der Waals surface area contributed by atoms with Gasteiger partial charge in [-0.05, 0) is 0 Å². The second-order valence-corrected chi connectivity index (χ2v) is 5.78. The highest BCUT2D eigenvalue weighted by molar-refractivity contribution is 7.16. The van der Waals surface area contributed by atoms with Crippen LogP contribution in [0.25, 0.3) is 0 Å². The van der Waals surface area contributed by atoms with Crippen LogP contribution in [0, 0.1) is 0 Å². The fourth-order valence-corrected chi connectivity index (χ4v) is 3.45. The maximum Gasteiger partial charge on any atom is 0.230 e. The standard InChI is InChI=1S/C10H12ClN3OS/c11-6-3-9(15)14(5-6)10-13-7-1-2-12-4-8(7)16-10/h6,12H,1-5H2. The molecule has 0 bridgehead atoms. The summed E-state index contributed by atoms with van der Waals surface area (Å²) >= 11 is 7.59. The maximum absolute atomic E-state index is 11.7. The van der Waals surface area contributed by atoms with Gasteiger partial charge in [-0.25, -0.2) is 4.98 Å². The Labute approximate surface area is 103 Å². The van der Waals surface area contributed by atoms with Crippen LogP contribution in [0.4, 0.5) is 5.13 Å². The molecule has 3 rings (SSSR count). The lowest BCUT2D eigenvalue weighted by molar-refractivity contribution is -0.117. The van der Waals surface area contributed by atoms with Gasteiger partial charge in [0.2, 0.25) is 5.91 Å². The quantitative estimate of drug-likeness (QED) is 0.768. The summed E-state index contributed by atoms with van der Waals surface area (Å²) in [4.78, 5) is 19.2. The lowest BCUT2D eigenvalue weighted by atomic mass is 10.2. The van der Waals surface area contributed by atoms with E-state index >= 15 is 0 Å². The van der Waals surface area contributed by atoms with Gasteiger partial charge in [0, 0.05) is 37.4 Å². The molecule has 1 unspecified atom stereocenters. The molecule has 0 spiro atoms. The van der Waals surface area contributed by atoms with Crippen molar-refractivity contribution in [3.05, 3.63) is 10.6 Å². The van der Waals surface area contributed by atoms with E-state index in [1.165, 1.54) is 4.88 Å². The molecule has 86 valence electrons. The largest absolute Gasteiger partial charge is 0.311 e. The molecule has 0 aromatic carbocycles. The number of thiazole rings is 1. The average molecular weight is 258 g/mol. The van der Waals surface area contributed by atoms with E-state index in [2.05, 4.69) is 10.3 Å². The van der Waals surface area contributed by atoms with Gasteiger partial charge < -0.3 is 5.32 Å². The summed E-state index contributed by atoms with van der Waals surface area (Å²) in [6, 6.07) is 0. The minimum atomic E-state index is -0.0634. The van der Waals surface area contributed by atoms with E-state index in [-0.39, 0.29) is 11.3 Å². The Balaban J connectivity index is 1.89. The van der Waals surface area contributed by atoms with E-state index in [1.54, 1.807) is 16.2 Å². The van der Waals surface area contributed by atoms with Gasteiger partial charge in [0.05, 0.1) is 11.1 Å². The van der Waals surface area contributed by atoms with E-state index in [0.717, 1.165) is 30.3 Å². The molecule has 1 saturated heterocycles. The van der Waals surface area contributed by atoms with Crippen molar-refractivity contribution in [3.8, 4) is 0 Å². The fourth-order valence-electron chi connectivity index (χ4n) is 2.08. The van der Waals surface area contributed by atoms with Crippen LogP contribution in [0.15, 0.2) is 0 Å². The second-order valence-electron chi connectivity index (χ2n) is 4.10. The Hall–Kier alpha value is -0.650. The third-order valence-electron chi connectivity index (χ3n) is 2.90. The van der Waals surface area contributed by atoms with E-state index in [1.807, 2.05) is 0 Å². The molecule has 1 atom stereocenters. The Bertz CT molecular complexity index is 410. The molecule has 0 radical (unpaired) electrons. The zero-order valence-electron chi connectivity index (χ0n) is 8.70. The number of anilines is 1. The number of carbonyl (C=O) groups excluding carboxylic acids is 1. The van der Waals surface area contributed by atoms with Gasteiger partial charge in [0.15, 0.2) is 5.13 Å². The molecular formula is C10H12ClN3OS. The number of hydrogen-bond acceptors (Lipinski definition) is 4. The Morgan fingerprint density at radius 1 is 1.56 bits per heavy atom. The summed E-state index contributed by atoms with van der Waals surface area (Å²) < 4.78 is 0. The van der Waals surface area contributed by atoms with Crippen LogP contribution in [-0.4, -0.2) is 29.4 Å². The Morgan fingerprint density at radius 2 is 2.44 bits per heavy atom. The summed E-state index contributed by atoms with van der Waals surface area (Å²) in [5.74, 6) is 0.0963. The minimum absolute atomic E-state index is 0.0634. The molecule has 0 saturated carbocycles. The molecule has 2 aliphatic heterocycles. The van der Waals surface area contributed by atoms with Gasteiger partial charge >= 0.3 is 0 Å². The topological polar surface area (TPSA) is 45.2 Å². The molecule has 1 N–H and O–H groups in total. The SMILES string of the molecule is O=C1CC(Cl)CN1c1nc2c(s1)CNCC2. The van der Waals surface area contributed by atoms with Crippen LogP contribution in [-0.2, 0) is 17.8 Å². The molecule has 0 aliphatic carbocycles. The summed E-state index contributed by atoms with van der Waals surface area (Å²) in [5.41, 5.74) is 1.14. The van der Waals surface area contributed by atoms with Crippen molar-refractivity contribution >= 4 is 34.0 Å². The highest BCUT2D eigenvalue weighted by Gasteiger charge is 2.32. The highest BCUT2D eigenvalue weighted by atomic mass is 35.5. The first-order valence-electron chi connectivity index (χ1n) is 5.38. The number of alkyl halides is 1. The van der Waals surface area contributed by atoms with E-state index < -0.39 is 0 Å². The number of halogens is 1. The normalized spacial score (nSPS) is 24.9. The van der Waals surface area contributed by atoms with Crippen LogP contribution >= 0.6 is 22.9 Å². The second kappa shape index (κ2) is 3.98. The van der Waals surface area contributed by atoms with Crippen molar-refractivity contribution in [2.24, 2.45) is 0 Å². The fraction of sp³-hybridized carbons (Fsp3) is 0.600. The lowest BCUT2D eigenvalue weighted by Gasteiger charge is -2.10. The summed E-state index contributed by atoms with van der Waals surface area (Å²) in [7, 11) is 0. The molecule has 1 aromatic heterocycles. The number of nitrogens with one attached hydrogen (secondary N) is 1. The number of hydrogen-bond donors (Lipinski definition) is 1. The molecule has 1 amide bonds. The van der Waals surface area contributed by atoms with Crippen LogP contribution in [0.2, 0.25) is 0 Å².